The molecular weight excluding hydrogens is 264 g/mol. The van der Waals surface area contributed by atoms with Gasteiger partial charge in [-0.15, -0.1) is 15.3 Å². The van der Waals surface area contributed by atoms with E-state index >= 15 is 0 Å². The van der Waals surface area contributed by atoms with Gasteiger partial charge in [-0.1, -0.05) is 0 Å². The summed E-state index contributed by atoms with van der Waals surface area (Å²) in [7, 11) is 0. The minimum atomic E-state index is -0.675. The highest BCUT2D eigenvalue weighted by Gasteiger charge is 2.17. The summed E-state index contributed by atoms with van der Waals surface area (Å²) in [6, 6.07) is 1.76. The quantitative estimate of drug-likeness (QED) is 0.634. The van der Waals surface area contributed by atoms with E-state index in [9.17, 15) is 4.79 Å². The van der Waals surface area contributed by atoms with Crippen molar-refractivity contribution in [1.82, 2.24) is 29.8 Å². The summed E-state index contributed by atoms with van der Waals surface area (Å²) in [5.41, 5.74) is 0.814. The van der Waals surface area contributed by atoms with Gasteiger partial charge in [0.05, 0.1) is 0 Å². The van der Waals surface area contributed by atoms with Gasteiger partial charge in [-0.3, -0.25) is 0 Å². The largest absolute Gasteiger partial charge is 0.450 e. The molecule has 3 aromatic heterocycles. The maximum atomic E-state index is 11.8. The number of esters is 1. The number of carbonyl (C=O) groups excluding carboxylic acids is 1. The van der Waals surface area contributed by atoms with Gasteiger partial charge in [0.1, 0.15) is 0 Å². The smallest absolute Gasteiger partial charge is 0.378 e. The average molecular weight is 274 g/mol. The first kappa shape index (κ1) is 12.2. The summed E-state index contributed by atoms with van der Waals surface area (Å²) < 4.78 is 11.6. The molecule has 0 aliphatic rings. The van der Waals surface area contributed by atoms with Gasteiger partial charge in [0.15, 0.2) is 6.61 Å². The first-order valence-electron chi connectivity index (χ1n) is 5.78. The van der Waals surface area contributed by atoms with E-state index in [1.165, 1.54) is 4.52 Å². The lowest BCUT2D eigenvalue weighted by molar-refractivity contribution is 0.0422. The van der Waals surface area contributed by atoms with Gasteiger partial charge >= 0.3 is 5.97 Å². The molecule has 0 spiro atoms. The maximum absolute atomic E-state index is 11.8. The summed E-state index contributed by atoms with van der Waals surface area (Å²) in [5.74, 6) is 0.218. The Labute approximate surface area is 112 Å². The number of ether oxygens (including phenoxy) is 1. The number of hydrogen-bond donors (Lipinski definition) is 0. The fraction of sp³-hybridized carbons (Fsp3) is 0.273. The van der Waals surface area contributed by atoms with Gasteiger partial charge in [-0.05, 0) is 13.0 Å². The molecule has 0 amide bonds. The molecule has 102 valence electrons. The van der Waals surface area contributed by atoms with Gasteiger partial charge < -0.3 is 9.15 Å². The van der Waals surface area contributed by atoms with E-state index in [-0.39, 0.29) is 18.3 Å². The Kier molecular flexibility index (Phi) is 2.86. The second-order valence-corrected chi connectivity index (χ2v) is 4.02. The Morgan fingerprint density at radius 1 is 1.40 bits per heavy atom. The Morgan fingerprint density at radius 2 is 2.25 bits per heavy atom. The zero-order valence-corrected chi connectivity index (χ0v) is 10.8. The van der Waals surface area contributed by atoms with E-state index in [1.54, 1.807) is 19.2 Å². The van der Waals surface area contributed by atoms with Crippen LogP contribution in [0.2, 0.25) is 0 Å². The van der Waals surface area contributed by atoms with E-state index in [4.69, 9.17) is 9.15 Å². The molecule has 3 heterocycles. The zero-order chi connectivity index (χ0) is 14.1. The van der Waals surface area contributed by atoms with Crippen LogP contribution in [-0.4, -0.2) is 35.7 Å². The third kappa shape index (κ3) is 2.20. The molecule has 0 aromatic carbocycles. The number of nitrogens with zero attached hydrogens (tertiary/aromatic N) is 6. The first-order valence-corrected chi connectivity index (χ1v) is 5.78. The van der Waals surface area contributed by atoms with Crippen LogP contribution < -0.4 is 0 Å². The SMILES string of the molecule is Cc1nnc(COC(=O)c2nc3nccc(C)n3n2)o1. The van der Waals surface area contributed by atoms with Crippen molar-refractivity contribution in [3.8, 4) is 0 Å². The lowest BCUT2D eigenvalue weighted by Crippen LogP contribution is -2.08. The van der Waals surface area contributed by atoms with Crippen molar-refractivity contribution in [2.24, 2.45) is 0 Å². The van der Waals surface area contributed by atoms with Crippen LogP contribution in [0.3, 0.4) is 0 Å². The number of aryl methyl sites for hydroxylation is 2. The molecule has 0 N–H and O–H groups in total. The van der Waals surface area contributed by atoms with Crippen LogP contribution >= 0.6 is 0 Å². The van der Waals surface area contributed by atoms with Crippen molar-refractivity contribution in [3.05, 3.63) is 35.6 Å². The minimum Gasteiger partial charge on any atom is -0.450 e. The first-order chi connectivity index (χ1) is 9.63. The van der Waals surface area contributed by atoms with Crippen molar-refractivity contribution in [2.75, 3.05) is 0 Å². The molecule has 0 unspecified atom stereocenters. The van der Waals surface area contributed by atoms with E-state index in [2.05, 4.69) is 25.3 Å². The Balaban J connectivity index is 1.77. The topological polar surface area (TPSA) is 108 Å². The summed E-state index contributed by atoms with van der Waals surface area (Å²) in [5, 5.41) is 11.4. The van der Waals surface area contributed by atoms with Crippen molar-refractivity contribution in [2.45, 2.75) is 20.5 Å². The van der Waals surface area contributed by atoms with Crippen molar-refractivity contribution >= 4 is 11.7 Å². The monoisotopic (exact) mass is 274 g/mol. The van der Waals surface area contributed by atoms with Gasteiger partial charge in [0.2, 0.25) is 5.89 Å². The molecule has 0 saturated carbocycles. The molecule has 0 saturated heterocycles. The summed E-state index contributed by atoms with van der Waals surface area (Å²) in [6.45, 7) is 3.36. The van der Waals surface area contributed by atoms with Gasteiger partial charge in [-0.2, -0.15) is 4.98 Å². The van der Waals surface area contributed by atoms with Crippen LogP contribution in [-0.2, 0) is 11.3 Å². The summed E-state index contributed by atoms with van der Waals surface area (Å²) in [4.78, 5) is 19.8. The van der Waals surface area contributed by atoms with Crippen LogP contribution in [0, 0.1) is 13.8 Å². The minimum absolute atomic E-state index is 0.0666. The second kappa shape index (κ2) is 4.68. The van der Waals surface area contributed by atoms with Gasteiger partial charge in [0, 0.05) is 18.8 Å². The fourth-order valence-corrected chi connectivity index (χ4v) is 1.58. The van der Waals surface area contributed by atoms with E-state index in [0.29, 0.717) is 11.7 Å². The van der Waals surface area contributed by atoms with Crippen LogP contribution in [0.5, 0.6) is 0 Å². The molecule has 20 heavy (non-hydrogen) atoms. The molecule has 0 aliphatic carbocycles. The predicted molar refractivity (Wildman–Crippen MR) is 63.7 cm³/mol. The van der Waals surface area contributed by atoms with Crippen LogP contribution in [0.4, 0.5) is 0 Å². The number of fused-ring (bicyclic) bond motifs is 1. The van der Waals surface area contributed by atoms with Crippen molar-refractivity contribution in [3.63, 3.8) is 0 Å². The molecule has 0 radical (unpaired) electrons. The van der Waals surface area contributed by atoms with Crippen molar-refractivity contribution in [1.29, 1.82) is 0 Å². The van der Waals surface area contributed by atoms with Crippen LogP contribution in [0.15, 0.2) is 16.7 Å². The molecule has 0 aliphatic heterocycles. The zero-order valence-electron chi connectivity index (χ0n) is 10.8. The lowest BCUT2D eigenvalue weighted by atomic mass is 10.5. The number of rotatable bonds is 3. The second-order valence-electron chi connectivity index (χ2n) is 4.02. The highest BCUT2D eigenvalue weighted by atomic mass is 16.5. The number of carbonyl (C=O) groups is 1. The maximum Gasteiger partial charge on any atom is 0.378 e. The lowest BCUT2D eigenvalue weighted by Gasteiger charge is -1.96. The molecule has 9 nitrogen and oxygen atoms in total. The van der Waals surface area contributed by atoms with Gasteiger partial charge in [-0.25, -0.2) is 14.3 Å². The third-order valence-corrected chi connectivity index (χ3v) is 2.51. The summed E-state index contributed by atoms with van der Waals surface area (Å²) >= 11 is 0. The van der Waals surface area contributed by atoms with Crippen LogP contribution in [0.25, 0.3) is 5.78 Å². The average Bonchev–Trinajstić information content (AvgIpc) is 3.03. The molecule has 0 fully saturated rings. The fourth-order valence-electron chi connectivity index (χ4n) is 1.58. The van der Waals surface area contributed by atoms with E-state index in [0.717, 1.165) is 5.69 Å². The number of aromatic nitrogens is 6. The number of hydrogen-bond acceptors (Lipinski definition) is 8. The standard InChI is InChI=1S/C11H10N6O3/c1-6-3-4-12-11-13-9(16-17(6)11)10(18)19-5-8-15-14-7(2)20-8/h3-4H,5H2,1-2H3. The highest BCUT2D eigenvalue weighted by Crippen LogP contribution is 2.05. The molecular formula is C11H10N6O3. The van der Waals surface area contributed by atoms with Gasteiger partial charge in [0.25, 0.3) is 17.5 Å². The normalized spacial score (nSPS) is 10.9. The third-order valence-electron chi connectivity index (χ3n) is 2.51. The van der Waals surface area contributed by atoms with E-state index < -0.39 is 5.97 Å². The Morgan fingerprint density at radius 3 is 2.95 bits per heavy atom. The van der Waals surface area contributed by atoms with Crippen molar-refractivity contribution < 1.29 is 13.9 Å². The molecule has 3 aromatic rings. The molecule has 0 atom stereocenters. The highest BCUT2D eigenvalue weighted by molar-refractivity contribution is 5.85. The predicted octanol–water partition coefficient (Wildman–Crippen LogP) is 0.481. The van der Waals surface area contributed by atoms with Crippen LogP contribution in [0.1, 0.15) is 28.1 Å². The van der Waals surface area contributed by atoms with E-state index in [1.807, 2.05) is 6.92 Å². The summed E-state index contributed by atoms with van der Waals surface area (Å²) in [6.07, 6.45) is 1.59. The molecule has 0 bridgehead atoms. The molecule has 9 heteroatoms. The molecule has 3 rings (SSSR count). The Bertz CT molecular complexity index is 777. The Hall–Kier alpha value is -2.84.